The van der Waals surface area contributed by atoms with Gasteiger partial charge in [-0.1, -0.05) is 63.4 Å². The molecule has 0 aliphatic heterocycles. The largest absolute Gasteiger partial charge is 0.445 e. The zero-order valence-corrected chi connectivity index (χ0v) is 19.8. The van der Waals surface area contributed by atoms with Crippen LogP contribution in [0.15, 0.2) is 48.5 Å². The molecule has 182 valence electrons. The second-order valence-corrected chi connectivity index (χ2v) is 9.03. The summed E-state index contributed by atoms with van der Waals surface area (Å²) in [6.45, 7) is 3.74. The Balaban J connectivity index is 1.61. The highest BCUT2D eigenvalue weighted by Gasteiger charge is 2.26. The van der Waals surface area contributed by atoms with Crippen molar-refractivity contribution >= 4 is 29.3 Å². The summed E-state index contributed by atoms with van der Waals surface area (Å²) in [7, 11) is 0. The van der Waals surface area contributed by atoms with Crippen molar-refractivity contribution in [2.75, 3.05) is 11.1 Å². The van der Waals surface area contributed by atoms with E-state index in [0.717, 1.165) is 31.2 Å². The SMILES string of the molecule is CC(C)[C@H](NC(=O)OCc1ccccc1)C(=O)Nc1cc(C(=O)NC2CCCCC2)ccc1N. The minimum atomic E-state index is -0.845. The summed E-state index contributed by atoms with van der Waals surface area (Å²) in [5.41, 5.74) is 7.98. The number of hydrogen-bond donors (Lipinski definition) is 4. The highest BCUT2D eigenvalue weighted by Crippen LogP contribution is 2.22. The number of amides is 3. The van der Waals surface area contributed by atoms with Crippen LogP contribution < -0.4 is 21.7 Å². The van der Waals surface area contributed by atoms with Gasteiger partial charge >= 0.3 is 6.09 Å². The number of carbonyl (C=O) groups excluding carboxylic acids is 3. The summed E-state index contributed by atoms with van der Waals surface area (Å²) < 4.78 is 5.25. The van der Waals surface area contributed by atoms with E-state index in [1.165, 1.54) is 6.42 Å². The molecule has 0 unspecified atom stereocenters. The Hall–Kier alpha value is -3.55. The van der Waals surface area contributed by atoms with E-state index in [-0.39, 0.29) is 24.5 Å². The Kier molecular flexibility index (Phi) is 8.90. The lowest BCUT2D eigenvalue weighted by atomic mass is 9.95. The molecule has 0 radical (unpaired) electrons. The molecule has 8 heteroatoms. The normalized spacial score (nSPS) is 14.8. The minimum absolute atomic E-state index is 0.101. The molecule has 1 aliphatic carbocycles. The summed E-state index contributed by atoms with van der Waals surface area (Å²) in [6, 6.07) is 13.4. The Morgan fingerprint density at radius 1 is 1.03 bits per heavy atom. The van der Waals surface area contributed by atoms with Gasteiger partial charge in [0.05, 0.1) is 11.4 Å². The van der Waals surface area contributed by atoms with Crippen molar-refractivity contribution in [3.05, 3.63) is 59.7 Å². The molecule has 5 N–H and O–H groups in total. The smallest absolute Gasteiger partial charge is 0.408 e. The van der Waals surface area contributed by atoms with Crippen LogP contribution in [-0.2, 0) is 16.1 Å². The fraction of sp³-hybridized carbons (Fsp3) is 0.423. The maximum atomic E-state index is 13.0. The molecule has 3 rings (SSSR count). The van der Waals surface area contributed by atoms with Crippen LogP contribution in [0, 0.1) is 5.92 Å². The fourth-order valence-electron chi connectivity index (χ4n) is 3.96. The maximum absolute atomic E-state index is 13.0. The first-order valence-corrected chi connectivity index (χ1v) is 11.8. The van der Waals surface area contributed by atoms with Crippen LogP contribution in [0.1, 0.15) is 61.9 Å². The highest BCUT2D eigenvalue weighted by atomic mass is 16.5. The van der Waals surface area contributed by atoms with Crippen LogP contribution in [0.5, 0.6) is 0 Å². The minimum Gasteiger partial charge on any atom is -0.445 e. The van der Waals surface area contributed by atoms with E-state index < -0.39 is 18.0 Å². The van der Waals surface area contributed by atoms with Crippen molar-refractivity contribution in [3.63, 3.8) is 0 Å². The third-order valence-electron chi connectivity index (χ3n) is 5.95. The number of nitrogens with one attached hydrogen (secondary N) is 3. The summed E-state index contributed by atoms with van der Waals surface area (Å²) in [5, 5.41) is 8.44. The lowest BCUT2D eigenvalue weighted by molar-refractivity contribution is -0.119. The Labute approximate surface area is 200 Å². The molecule has 8 nitrogen and oxygen atoms in total. The topological polar surface area (TPSA) is 123 Å². The first kappa shape index (κ1) is 25.1. The molecule has 2 aromatic carbocycles. The first-order chi connectivity index (χ1) is 16.3. The van der Waals surface area contributed by atoms with Crippen molar-refractivity contribution < 1.29 is 19.1 Å². The van der Waals surface area contributed by atoms with E-state index in [1.54, 1.807) is 18.2 Å². The lowest BCUT2D eigenvalue weighted by Gasteiger charge is -2.23. The number of rotatable bonds is 8. The maximum Gasteiger partial charge on any atom is 0.408 e. The predicted molar refractivity (Wildman–Crippen MR) is 132 cm³/mol. The van der Waals surface area contributed by atoms with E-state index in [2.05, 4.69) is 16.0 Å². The molecule has 0 aromatic heterocycles. The molecule has 1 saturated carbocycles. The fourth-order valence-corrected chi connectivity index (χ4v) is 3.96. The van der Waals surface area contributed by atoms with Crippen molar-refractivity contribution in [1.29, 1.82) is 0 Å². The van der Waals surface area contributed by atoms with Crippen LogP contribution in [-0.4, -0.2) is 30.0 Å². The molecule has 2 aromatic rings. The summed E-state index contributed by atoms with van der Waals surface area (Å²) >= 11 is 0. The Bertz CT molecular complexity index is 988. The zero-order chi connectivity index (χ0) is 24.5. The summed E-state index contributed by atoms with van der Waals surface area (Å²) in [6.07, 6.45) is 4.71. The van der Waals surface area contributed by atoms with E-state index in [0.29, 0.717) is 16.9 Å². The number of anilines is 2. The number of nitrogen functional groups attached to an aromatic ring is 1. The van der Waals surface area contributed by atoms with Gasteiger partial charge in [-0.15, -0.1) is 0 Å². The number of hydrogen-bond acceptors (Lipinski definition) is 5. The van der Waals surface area contributed by atoms with Crippen LogP contribution >= 0.6 is 0 Å². The molecule has 3 amide bonds. The molecule has 0 heterocycles. The third-order valence-corrected chi connectivity index (χ3v) is 5.95. The molecule has 0 bridgehead atoms. The average Bonchev–Trinajstić information content (AvgIpc) is 2.83. The van der Waals surface area contributed by atoms with Gasteiger partial charge in [-0.25, -0.2) is 4.79 Å². The number of benzene rings is 2. The van der Waals surface area contributed by atoms with Gasteiger partial charge < -0.3 is 26.4 Å². The van der Waals surface area contributed by atoms with Gasteiger partial charge in [-0.3, -0.25) is 9.59 Å². The van der Waals surface area contributed by atoms with Gasteiger partial charge in [-0.2, -0.15) is 0 Å². The predicted octanol–water partition coefficient (Wildman–Crippen LogP) is 4.22. The standard InChI is InChI=1S/C26H34N4O4/c1-17(2)23(30-26(33)34-16-18-9-5-3-6-10-18)25(32)29-22-15-19(13-14-21(22)27)24(31)28-20-11-7-4-8-12-20/h3,5-6,9-10,13-15,17,20,23H,4,7-8,11-12,16,27H2,1-2H3,(H,28,31)(H,29,32)(H,30,33)/t23-/m0/s1. The van der Waals surface area contributed by atoms with Gasteiger partial charge in [0.2, 0.25) is 5.91 Å². The molecule has 1 atom stereocenters. The quantitative estimate of drug-likeness (QED) is 0.434. The monoisotopic (exact) mass is 466 g/mol. The molecular formula is C26H34N4O4. The summed E-state index contributed by atoms with van der Waals surface area (Å²) in [4.78, 5) is 38.0. The van der Waals surface area contributed by atoms with E-state index in [9.17, 15) is 14.4 Å². The Morgan fingerprint density at radius 2 is 1.74 bits per heavy atom. The molecule has 1 aliphatic rings. The Morgan fingerprint density at radius 3 is 2.41 bits per heavy atom. The van der Waals surface area contributed by atoms with Crippen molar-refractivity contribution in [2.24, 2.45) is 5.92 Å². The van der Waals surface area contributed by atoms with Crippen molar-refractivity contribution in [1.82, 2.24) is 10.6 Å². The van der Waals surface area contributed by atoms with Gasteiger partial charge in [0.1, 0.15) is 12.6 Å². The first-order valence-electron chi connectivity index (χ1n) is 11.8. The molecule has 0 saturated heterocycles. The number of carbonyl (C=O) groups is 3. The number of alkyl carbamates (subject to hydrolysis) is 1. The second kappa shape index (κ2) is 12.1. The number of ether oxygens (including phenoxy) is 1. The van der Waals surface area contributed by atoms with Crippen LogP contribution in [0.25, 0.3) is 0 Å². The molecule has 1 fully saturated rings. The van der Waals surface area contributed by atoms with E-state index in [4.69, 9.17) is 10.5 Å². The highest BCUT2D eigenvalue weighted by molar-refractivity contribution is 6.01. The second-order valence-electron chi connectivity index (χ2n) is 9.03. The van der Waals surface area contributed by atoms with E-state index >= 15 is 0 Å². The molecule has 0 spiro atoms. The van der Waals surface area contributed by atoms with E-state index in [1.807, 2.05) is 44.2 Å². The van der Waals surface area contributed by atoms with Crippen molar-refractivity contribution in [2.45, 2.75) is 64.6 Å². The summed E-state index contributed by atoms with van der Waals surface area (Å²) in [5.74, 6) is -0.836. The number of nitrogens with two attached hydrogens (primary N) is 1. The molecular weight excluding hydrogens is 432 g/mol. The third kappa shape index (κ3) is 7.23. The van der Waals surface area contributed by atoms with Crippen molar-refractivity contribution in [3.8, 4) is 0 Å². The van der Waals surface area contributed by atoms with Crippen LogP contribution in [0.3, 0.4) is 0 Å². The average molecular weight is 467 g/mol. The van der Waals surface area contributed by atoms with Crippen LogP contribution in [0.4, 0.5) is 16.2 Å². The van der Waals surface area contributed by atoms with Gasteiger partial charge in [0, 0.05) is 11.6 Å². The zero-order valence-electron chi connectivity index (χ0n) is 19.8. The lowest BCUT2D eigenvalue weighted by Crippen LogP contribution is -2.47. The van der Waals surface area contributed by atoms with Gasteiger partial charge in [0.25, 0.3) is 5.91 Å². The molecule has 34 heavy (non-hydrogen) atoms. The van der Waals surface area contributed by atoms with Gasteiger partial charge in [0.15, 0.2) is 0 Å². The van der Waals surface area contributed by atoms with Crippen LogP contribution in [0.2, 0.25) is 0 Å². The van der Waals surface area contributed by atoms with Gasteiger partial charge in [-0.05, 0) is 42.5 Å².